The Kier molecular flexibility index (Phi) is 4.33. The molecule has 3 N–H and O–H groups in total. The van der Waals surface area contributed by atoms with Gasteiger partial charge in [-0.2, -0.15) is 5.26 Å². The number of rotatable bonds is 5. The third-order valence-corrected chi connectivity index (χ3v) is 2.34. The molecule has 0 radical (unpaired) electrons. The molecule has 3 heteroatoms. The smallest absolute Gasteiger partial charge is 0.0991 e. The molecular formula is C13H19N3. The molecule has 0 aliphatic carbocycles. The summed E-state index contributed by atoms with van der Waals surface area (Å²) in [5, 5.41) is 12.0. The lowest BCUT2D eigenvalue weighted by Gasteiger charge is -2.18. The summed E-state index contributed by atoms with van der Waals surface area (Å²) in [6, 6.07) is 9.57. The van der Waals surface area contributed by atoms with Gasteiger partial charge in [0.2, 0.25) is 0 Å². The first-order valence-electron chi connectivity index (χ1n) is 5.54. The topological polar surface area (TPSA) is 61.8 Å². The Morgan fingerprint density at radius 3 is 2.44 bits per heavy atom. The summed E-state index contributed by atoms with van der Waals surface area (Å²) >= 11 is 0. The van der Waals surface area contributed by atoms with Crippen molar-refractivity contribution < 1.29 is 0 Å². The molecule has 1 aromatic rings. The van der Waals surface area contributed by atoms with Gasteiger partial charge in [0, 0.05) is 17.8 Å². The van der Waals surface area contributed by atoms with Crippen molar-refractivity contribution in [1.29, 1.82) is 5.26 Å². The zero-order valence-electron chi connectivity index (χ0n) is 9.96. The van der Waals surface area contributed by atoms with E-state index in [4.69, 9.17) is 11.0 Å². The van der Waals surface area contributed by atoms with Gasteiger partial charge in [0.25, 0.3) is 0 Å². The molecule has 0 heterocycles. The molecule has 0 bridgehead atoms. The second kappa shape index (κ2) is 5.53. The van der Waals surface area contributed by atoms with Crippen molar-refractivity contribution in [1.82, 2.24) is 0 Å². The average molecular weight is 217 g/mol. The number of nitrogens with zero attached hydrogens (tertiary/aromatic N) is 1. The van der Waals surface area contributed by atoms with Crippen molar-refractivity contribution in [3.63, 3.8) is 0 Å². The number of nitriles is 1. The van der Waals surface area contributed by atoms with E-state index < -0.39 is 0 Å². The van der Waals surface area contributed by atoms with E-state index >= 15 is 0 Å². The first-order valence-corrected chi connectivity index (χ1v) is 5.54. The average Bonchev–Trinajstić information content (AvgIpc) is 2.24. The lowest BCUT2D eigenvalue weighted by Crippen LogP contribution is -2.32. The Balaban J connectivity index is 2.30. The lowest BCUT2D eigenvalue weighted by molar-refractivity contribution is 0.465. The standard InChI is InChI=1S/C13H19N3/c1-13(2,15)8-3-9-16-12-6-4-11(10-14)5-7-12/h4-7,16H,3,8-9,15H2,1-2H3. The number of hydrogen-bond acceptors (Lipinski definition) is 3. The van der Waals surface area contributed by atoms with Crippen LogP contribution in [-0.2, 0) is 0 Å². The van der Waals surface area contributed by atoms with Gasteiger partial charge in [0.15, 0.2) is 0 Å². The maximum Gasteiger partial charge on any atom is 0.0991 e. The lowest BCUT2D eigenvalue weighted by atomic mass is 10.0. The van der Waals surface area contributed by atoms with E-state index in [-0.39, 0.29) is 5.54 Å². The van der Waals surface area contributed by atoms with Crippen molar-refractivity contribution in [2.75, 3.05) is 11.9 Å². The first-order chi connectivity index (χ1) is 7.51. The SMILES string of the molecule is CC(C)(N)CCCNc1ccc(C#N)cc1. The number of nitrogens with one attached hydrogen (secondary N) is 1. The molecule has 0 saturated carbocycles. The van der Waals surface area contributed by atoms with Crippen LogP contribution in [0.4, 0.5) is 5.69 Å². The van der Waals surface area contributed by atoms with E-state index in [1.807, 2.05) is 38.1 Å². The normalized spacial score (nSPS) is 10.9. The van der Waals surface area contributed by atoms with Crippen LogP contribution in [0, 0.1) is 11.3 Å². The van der Waals surface area contributed by atoms with Crippen molar-refractivity contribution in [3.8, 4) is 6.07 Å². The number of benzene rings is 1. The third-order valence-electron chi connectivity index (χ3n) is 2.34. The second-order valence-corrected chi connectivity index (χ2v) is 4.71. The molecule has 0 saturated heterocycles. The molecule has 3 nitrogen and oxygen atoms in total. The summed E-state index contributed by atoms with van der Waals surface area (Å²) in [5.41, 5.74) is 7.54. The molecule has 16 heavy (non-hydrogen) atoms. The van der Waals surface area contributed by atoms with Gasteiger partial charge in [-0.05, 0) is 51.0 Å². The third kappa shape index (κ3) is 4.81. The highest BCUT2D eigenvalue weighted by Gasteiger charge is 2.08. The summed E-state index contributed by atoms with van der Waals surface area (Å²) in [5.74, 6) is 0. The van der Waals surface area contributed by atoms with Crippen LogP contribution in [0.2, 0.25) is 0 Å². The Bertz CT molecular complexity index is 354. The predicted octanol–water partition coefficient (Wildman–Crippen LogP) is 2.49. The first kappa shape index (κ1) is 12.5. The number of nitrogens with two attached hydrogens (primary N) is 1. The minimum atomic E-state index is -0.0909. The fourth-order valence-electron chi connectivity index (χ4n) is 1.44. The zero-order valence-corrected chi connectivity index (χ0v) is 9.96. The second-order valence-electron chi connectivity index (χ2n) is 4.71. The van der Waals surface area contributed by atoms with Crippen molar-refractivity contribution in [2.24, 2.45) is 5.73 Å². The molecular weight excluding hydrogens is 198 g/mol. The van der Waals surface area contributed by atoms with E-state index in [9.17, 15) is 0 Å². The fourth-order valence-corrected chi connectivity index (χ4v) is 1.44. The summed E-state index contributed by atoms with van der Waals surface area (Å²) in [4.78, 5) is 0. The molecule has 0 aromatic heterocycles. The molecule has 1 aromatic carbocycles. The number of anilines is 1. The molecule has 0 aliphatic heterocycles. The summed E-state index contributed by atoms with van der Waals surface area (Å²) in [6.07, 6.45) is 2.04. The van der Waals surface area contributed by atoms with Crippen LogP contribution >= 0.6 is 0 Å². The van der Waals surface area contributed by atoms with E-state index in [2.05, 4.69) is 11.4 Å². The largest absolute Gasteiger partial charge is 0.385 e. The maximum atomic E-state index is 8.65. The van der Waals surface area contributed by atoms with Crippen LogP contribution in [0.1, 0.15) is 32.3 Å². The molecule has 0 spiro atoms. The van der Waals surface area contributed by atoms with Gasteiger partial charge >= 0.3 is 0 Å². The van der Waals surface area contributed by atoms with Crippen LogP contribution in [0.3, 0.4) is 0 Å². The van der Waals surface area contributed by atoms with Gasteiger partial charge in [0.1, 0.15) is 0 Å². The highest BCUT2D eigenvalue weighted by molar-refractivity contribution is 5.46. The highest BCUT2D eigenvalue weighted by Crippen LogP contribution is 2.10. The molecule has 0 aliphatic rings. The molecule has 0 atom stereocenters. The van der Waals surface area contributed by atoms with Gasteiger partial charge in [0.05, 0.1) is 11.6 Å². The van der Waals surface area contributed by atoms with Gasteiger partial charge in [-0.25, -0.2) is 0 Å². The van der Waals surface area contributed by atoms with Gasteiger partial charge in [-0.1, -0.05) is 0 Å². The fraction of sp³-hybridized carbons (Fsp3) is 0.462. The molecule has 86 valence electrons. The maximum absolute atomic E-state index is 8.65. The monoisotopic (exact) mass is 217 g/mol. The Labute approximate surface area is 97.3 Å². The van der Waals surface area contributed by atoms with Crippen molar-refractivity contribution >= 4 is 5.69 Å². The summed E-state index contributed by atoms with van der Waals surface area (Å²) < 4.78 is 0. The Morgan fingerprint density at radius 1 is 1.31 bits per heavy atom. The molecule has 0 amide bonds. The van der Waals surface area contributed by atoms with Crippen molar-refractivity contribution in [3.05, 3.63) is 29.8 Å². The van der Waals surface area contributed by atoms with Crippen LogP contribution < -0.4 is 11.1 Å². The molecule has 1 rings (SSSR count). The van der Waals surface area contributed by atoms with E-state index in [1.165, 1.54) is 0 Å². The molecule has 0 unspecified atom stereocenters. The minimum absolute atomic E-state index is 0.0909. The van der Waals surface area contributed by atoms with E-state index in [1.54, 1.807) is 0 Å². The van der Waals surface area contributed by atoms with E-state index in [0.717, 1.165) is 25.1 Å². The number of hydrogen-bond donors (Lipinski definition) is 2. The quantitative estimate of drug-likeness (QED) is 0.745. The predicted molar refractivity (Wildman–Crippen MR) is 67.1 cm³/mol. The Hall–Kier alpha value is -1.53. The van der Waals surface area contributed by atoms with Gasteiger partial charge in [-0.15, -0.1) is 0 Å². The molecule has 0 fully saturated rings. The van der Waals surface area contributed by atoms with Crippen molar-refractivity contribution in [2.45, 2.75) is 32.2 Å². The van der Waals surface area contributed by atoms with Gasteiger partial charge < -0.3 is 11.1 Å². The summed E-state index contributed by atoms with van der Waals surface area (Å²) in [7, 11) is 0. The Morgan fingerprint density at radius 2 is 1.94 bits per heavy atom. The van der Waals surface area contributed by atoms with Crippen LogP contribution in [-0.4, -0.2) is 12.1 Å². The van der Waals surface area contributed by atoms with E-state index in [0.29, 0.717) is 5.56 Å². The zero-order chi connectivity index (χ0) is 12.0. The van der Waals surface area contributed by atoms with Crippen LogP contribution in [0.15, 0.2) is 24.3 Å². The van der Waals surface area contributed by atoms with Gasteiger partial charge in [-0.3, -0.25) is 0 Å². The van der Waals surface area contributed by atoms with Crippen LogP contribution in [0.5, 0.6) is 0 Å². The van der Waals surface area contributed by atoms with Crippen LogP contribution in [0.25, 0.3) is 0 Å². The highest BCUT2D eigenvalue weighted by atomic mass is 14.9. The minimum Gasteiger partial charge on any atom is -0.385 e. The summed E-state index contributed by atoms with van der Waals surface area (Å²) in [6.45, 7) is 4.98.